The number of nitrogen functional groups attached to an aromatic ring is 1. The molecule has 13 heavy (non-hydrogen) atoms. The maximum atomic E-state index is 10.9. The number of aromatic amines is 1. The van der Waals surface area contributed by atoms with Gasteiger partial charge in [0.15, 0.2) is 5.82 Å². The molecule has 0 saturated heterocycles. The van der Waals surface area contributed by atoms with E-state index in [2.05, 4.69) is 15.2 Å². The van der Waals surface area contributed by atoms with Crippen molar-refractivity contribution in [2.24, 2.45) is 0 Å². The third-order valence-corrected chi connectivity index (χ3v) is 1.64. The molecule has 2 heterocycles. The summed E-state index contributed by atoms with van der Waals surface area (Å²) in [7, 11) is 0. The largest absolute Gasteiger partial charge is 0.362 e. The van der Waals surface area contributed by atoms with Crippen molar-refractivity contribution in [3.8, 4) is 11.4 Å². The summed E-state index contributed by atoms with van der Waals surface area (Å²) in [6.45, 7) is 0. The number of H-pyrrole nitrogens is 1. The minimum Gasteiger partial charge on any atom is -0.333 e. The van der Waals surface area contributed by atoms with E-state index in [0.717, 1.165) is 10.2 Å². The molecule has 0 saturated carbocycles. The number of aromatic nitrogens is 4. The zero-order valence-corrected chi connectivity index (χ0v) is 6.64. The van der Waals surface area contributed by atoms with E-state index in [1.165, 1.54) is 0 Å². The van der Waals surface area contributed by atoms with Gasteiger partial charge in [-0.05, 0) is 12.1 Å². The summed E-state index contributed by atoms with van der Waals surface area (Å²) in [6.07, 6.45) is 3.21. The van der Waals surface area contributed by atoms with Gasteiger partial charge in [-0.15, -0.1) is 0 Å². The lowest BCUT2D eigenvalue weighted by molar-refractivity contribution is 0.941. The Bertz CT molecular complexity index is 457. The van der Waals surface area contributed by atoms with Gasteiger partial charge in [0.1, 0.15) is 0 Å². The second kappa shape index (κ2) is 2.74. The van der Waals surface area contributed by atoms with E-state index in [-0.39, 0.29) is 0 Å². The first kappa shape index (κ1) is 7.53. The quantitative estimate of drug-likeness (QED) is 0.566. The van der Waals surface area contributed by atoms with Gasteiger partial charge in [-0.1, -0.05) is 0 Å². The van der Waals surface area contributed by atoms with Crippen molar-refractivity contribution in [2.45, 2.75) is 0 Å². The highest BCUT2D eigenvalue weighted by Crippen LogP contribution is 2.10. The van der Waals surface area contributed by atoms with Crippen LogP contribution in [0.15, 0.2) is 29.3 Å². The Kier molecular flexibility index (Phi) is 1.59. The van der Waals surface area contributed by atoms with Crippen molar-refractivity contribution in [3.05, 3.63) is 35.0 Å². The van der Waals surface area contributed by atoms with Crippen molar-refractivity contribution in [1.82, 2.24) is 19.9 Å². The number of nitrogens with two attached hydrogens (primary N) is 1. The first-order valence-corrected chi connectivity index (χ1v) is 3.62. The fourth-order valence-corrected chi connectivity index (χ4v) is 1.01. The van der Waals surface area contributed by atoms with Gasteiger partial charge in [-0.2, -0.15) is 9.77 Å². The predicted octanol–water partition coefficient (Wildman–Crippen LogP) is -0.653. The Labute approximate surface area is 73.0 Å². The van der Waals surface area contributed by atoms with E-state index in [1.54, 1.807) is 24.5 Å². The smallest absolute Gasteiger partial charge is 0.333 e. The van der Waals surface area contributed by atoms with Crippen molar-refractivity contribution in [1.29, 1.82) is 0 Å². The van der Waals surface area contributed by atoms with Crippen LogP contribution < -0.4 is 11.5 Å². The van der Waals surface area contributed by atoms with Gasteiger partial charge in [0.2, 0.25) is 0 Å². The molecule has 0 amide bonds. The van der Waals surface area contributed by atoms with Crippen LogP contribution in [0, 0.1) is 0 Å². The Hall–Kier alpha value is -2.11. The van der Waals surface area contributed by atoms with E-state index in [4.69, 9.17) is 5.84 Å². The molecule has 0 fully saturated rings. The van der Waals surface area contributed by atoms with Crippen LogP contribution in [0.1, 0.15) is 0 Å². The lowest BCUT2D eigenvalue weighted by Gasteiger charge is -1.96. The molecular formula is C7H7N5O. The Morgan fingerprint density at radius 1 is 1.38 bits per heavy atom. The number of rotatable bonds is 1. The summed E-state index contributed by atoms with van der Waals surface area (Å²) in [4.78, 5) is 14.8. The molecule has 2 aromatic heterocycles. The molecule has 3 N–H and O–H groups in total. The second-order valence-electron chi connectivity index (χ2n) is 2.46. The molecule has 0 aliphatic heterocycles. The minimum absolute atomic E-state index is 0.396. The summed E-state index contributed by atoms with van der Waals surface area (Å²) in [6, 6.07) is 3.44. The Morgan fingerprint density at radius 3 is 2.62 bits per heavy atom. The molecule has 6 nitrogen and oxygen atoms in total. The van der Waals surface area contributed by atoms with Gasteiger partial charge in [-0.3, -0.25) is 4.98 Å². The first-order valence-electron chi connectivity index (χ1n) is 3.62. The maximum absolute atomic E-state index is 10.9. The molecule has 0 aliphatic carbocycles. The van der Waals surface area contributed by atoms with E-state index in [9.17, 15) is 4.79 Å². The summed E-state index contributed by atoms with van der Waals surface area (Å²) < 4.78 is 0.954. The molecule has 6 heteroatoms. The van der Waals surface area contributed by atoms with Crippen molar-refractivity contribution < 1.29 is 0 Å². The molecular weight excluding hydrogens is 170 g/mol. The lowest BCUT2D eigenvalue weighted by atomic mass is 10.2. The fourth-order valence-electron chi connectivity index (χ4n) is 1.01. The molecule has 0 aliphatic rings. The molecule has 0 atom stereocenters. The topological polar surface area (TPSA) is 89.6 Å². The molecule has 66 valence electrons. The molecule has 0 unspecified atom stereocenters. The summed E-state index contributed by atoms with van der Waals surface area (Å²) in [5.74, 6) is 5.82. The fraction of sp³-hybridized carbons (Fsp3) is 0. The SMILES string of the molecule is Nn1c(-c2ccncc2)n[nH]c1=O. The predicted molar refractivity (Wildman–Crippen MR) is 46.2 cm³/mol. The van der Waals surface area contributed by atoms with Crippen LogP contribution in [0.25, 0.3) is 11.4 Å². The van der Waals surface area contributed by atoms with Crippen molar-refractivity contribution in [2.75, 3.05) is 5.84 Å². The van der Waals surface area contributed by atoms with Crippen LogP contribution in [0.5, 0.6) is 0 Å². The summed E-state index contributed by atoms with van der Waals surface area (Å²) >= 11 is 0. The van der Waals surface area contributed by atoms with Crippen LogP contribution in [0.2, 0.25) is 0 Å². The third kappa shape index (κ3) is 1.18. The second-order valence-corrected chi connectivity index (χ2v) is 2.46. The number of hydrogen-bond acceptors (Lipinski definition) is 4. The summed E-state index contributed by atoms with van der Waals surface area (Å²) in [5.41, 5.74) is 0.308. The average Bonchev–Trinajstić information content (AvgIpc) is 2.49. The van der Waals surface area contributed by atoms with Crippen LogP contribution in [0.3, 0.4) is 0 Å². The van der Waals surface area contributed by atoms with Crippen LogP contribution in [0.4, 0.5) is 0 Å². The highest BCUT2D eigenvalue weighted by Gasteiger charge is 2.06. The lowest BCUT2D eigenvalue weighted by Crippen LogP contribution is -2.24. The number of nitrogens with zero attached hydrogens (tertiary/aromatic N) is 3. The normalized spacial score (nSPS) is 10.2. The standard InChI is InChI=1S/C7H7N5O/c8-12-6(10-11-7(12)13)5-1-3-9-4-2-5/h1-4H,8H2,(H,11,13). The highest BCUT2D eigenvalue weighted by molar-refractivity contribution is 5.53. The highest BCUT2D eigenvalue weighted by atomic mass is 16.2. The van der Waals surface area contributed by atoms with E-state index < -0.39 is 5.69 Å². The van der Waals surface area contributed by atoms with Crippen molar-refractivity contribution in [3.63, 3.8) is 0 Å². The Balaban J connectivity index is 2.60. The zero-order valence-electron chi connectivity index (χ0n) is 6.64. The van der Waals surface area contributed by atoms with Gasteiger partial charge in [0.05, 0.1) is 0 Å². The molecule has 0 bridgehead atoms. The maximum Gasteiger partial charge on any atom is 0.362 e. The van der Waals surface area contributed by atoms with Gasteiger partial charge >= 0.3 is 5.69 Å². The van der Waals surface area contributed by atoms with Crippen molar-refractivity contribution >= 4 is 0 Å². The van der Waals surface area contributed by atoms with Crippen LogP contribution in [-0.2, 0) is 0 Å². The first-order chi connectivity index (χ1) is 6.29. The number of nitrogens with one attached hydrogen (secondary N) is 1. The van der Waals surface area contributed by atoms with E-state index >= 15 is 0 Å². The van der Waals surface area contributed by atoms with Gasteiger partial charge in [0, 0.05) is 18.0 Å². The van der Waals surface area contributed by atoms with Gasteiger partial charge < -0.3 is 5.84 Å². The average molecular weight is 177 g/mol. The number of hydrogen-bond donors (Lipinski definition) is 2. The molecule has 2 aromatic rings. The molecule has 0 radical (unpaired) electrons. The number of pyridine rings is 1. The van der Waals surface area contributed by atoms with E-state index in [1.807, 2.05) is 0 Å². The summed E-state index contributed by atoms with van der Waals surface area (Å²) in [5, 5.41) is 6.01. The Morgan fingerprint density at radius 2 is 2.08 bits per heavy atom. The van der Waals surface area contributed by atoms with Crippen LogP contribution in [-0.4, -0.2) is 19.9 Å². The van der Waals surface area contributed by atoms with Gasteiger partial charge in [0.25, 0.3) is 0 Å². The monoisotopic (exact) mass is 177 g/mol. The van der Waals surface area contributed by atoms with Gasteiger partial charge in [-0.25, -0.2) is 9.89 Å². The molecule has 0 spiro atoms. The molecule has 2 rings (SSSR count). The third-order valence-electron chi connectivity index (χ3n) is 1.64. The minimum atomic E-state index is -0.438. The van der Waals surface area contributed by atoms with E-state index in [0.29, 0.717) is 5.82 Å². The zero-order chi connectivity index (χ0) is 9.26. The molecule has 0 aromatic carbocycles. The van der Waals surface area contributed by atoms with Crippen LogP contribution >= 0.6 is 0 Å².